The fourth-order valence-electron chi connectivity index (χ4n) is 2.19. The summed E-state index contributed by atoms with van der Waals surface area (Å²) < 4.78 is 0. The molecule has 9 nitrogen and oxygen atoms in total. The van der Waals surface area contributed by atoms with Crippen molar-refractivity contribution < 1.29 is 15.2 Å². The van der Waals surface area contributed by atoms with Gasteiger partial charge in [-0.3, -0.25) is 10.4 Å². The molecule has 0 saturated heterocycles. The molecule has 0 heterocycles. The first-order chi connectivity index (χ1) is 11.8. The molecule has 134 valence electrons. The van der Waals surface area contributed by atoms with Crippen LogP contribution in [0.5, 0.6) is 0 Å². The first-order valence-corrected chi connectivity index (χ1v) is 7.37. The monoisotopic (exact) mass is 346 g/mol. The molecule has 2 aromatic rings. The van der Waals surface area contributed by atoms with E-state index < -0.39 is 16.9 Å². The standard InChI is InChI=1S/C16H18N4O5/c1-10-3-5-12(6-4-10)11(2)17-16(21)18-13-7-14(19(22)23)9-15(8-13)20(24)25/h3-9,11,22-23H,1-2H3,(H2,17,18,21)/q-2/t11-/m1/s1. The number of nitrogens with zero attached hydrogens (tertiary/aromatic N) is 2. The normalized spacial score (nSPS) is 11.6. The van der Waals surface area contributed by atoms with Gasteiger partial charge in [0.1, 0.15) is 0 Å². The van der Waals surface area contributed by atoms with Crippen LogP contribution in [0, 0.1) is 17.3 Å². The zero-order valence-corrected chi connectivity index (χ0v) is 13.6. The molecule has 0 saturated carbocycles. The van der Waals surface area contributed by atoms with Crippen molar-refractivity contribution in [2.75, 3.05) is 15.8 Å². The quantitative estimate of drug-likeness (QED) is 0.610. The highest BCUT2D eigenvalue weighted by Gasteiger charge is 2.11. The molecule has 0 radical (unpaired) electrons. The lowest BCUT2D eigenvalue weighted by molar-refractivity contribution is 0.0292. The van der Waals surface area contributed by atoms with E-state index in [1.165, 1.54) is 6.07 Å². The number of anilines is 3. The molecule has 0 aliphatic carbocycles. The van der Waals surface area contributed by atoms with Crippen LogP contribution in [0.3, 0.4) is 0 Å². The van der Waals surface area contributed by atoms with Gasteiger partial charge in [-0.05, 0) is 37.6 Å². The van der Waals surface area contributed by atoms with Crippen molar-refractivity contribution >= 4 is 23.1 Å². The van der Waals surface area contributed by atoms with Gasteiger partial charge in [0.15, 0.2) is 0 Å². The van der Waals surface area contributed by atoms with Crippen LogP contribution in [0.25, 0.3) is 0 Å². The van der Waals surface area contributed by atoms with E-state index in [2.05, 4.69) is 10.6 Å². The van der Waals surface area contributed by atoms with Gasteiger partial charge in [0.05, 0.1) is 11.7 Å². The SMILES string of the molecule is Cc1ccc([C@@H](C)NC(=O)Nc2cc(N([O-])[O-])cc(N(O)O)c2)cc1. The molecule has 0 spiro atoms. The number of aryl methyl sites for hydroxylation is 1. The summed E-state index contributed by atoms with van der Waals surface area (Å²) in [6, 6.07) is 10.0. The molecule has 9 heteroatoms. The third-order valence-corrected chi connectivity index (χ3v) is 3.53. The number of hydrogen-bond acceptors (Lipinski definition) is 7. The number of nitrogens with one attached hydrogen (secondary N) is 2. The molecule has 0 aliphatic heterocycles. The fraction of sp³-hybridized carbons (Fsp3) is 0.188. The van der Waals surface area contributed by atoms with Gasteiger partial charge in [-0.25, -0.2) is 4.79 Å². The Balaban J connectivity index is 2.10. The maximum Gasteiger partial charge on any atom is 0.319 e. The Kier molecular flexibility index (Phi) is 5.78. The van der Waals surface area contributed by atoms with Crippen LogP contribution in [0.15, 0.2) is 42.5 Å². The molecule has 1 atom stereocenters. The molecule has 2 rings (SSSR count). The van der Waals surface area contributed by atoms with E-state index in [9.17, 15) is 15.2 Å². The molecule has 0 aliphatic rings. The summed E-state index contributed by atoms with van der Waals surface area (Å²) in [4.78, 5) is 12.1. The van der Waals surface area contributed by atoms with E-state index in [-0.39, 0.29) is 22.6 Å². The Bertz CT molecular complexity index is 708. The van der Waals surface area contributed by atoms with Crippen molar-refractivity contribution in [3.8, 4) is 0 Å². The summed E-state index contributed by atoms with van der Waals surface area (Å²) >= 11 is 0. The molecule has 25 heavy (non-hydrogen) atoms. The van der Waals surface area contributed by atoms with E-state index >= 15 is 0 Å². The van der Waals surface area contributed by atoms with Gasteiger partial charge in [-0.1, -0.05) is 29.8 Å². The molecule has 2 aromatic carbocycles. The largest absolute Gasteiger partial charge is 0.769 e. The van der Waals surface area contributed by atoms with E-state index in [0.29, 0.717) is 0 Å². The summed E-state index contributed by atoms with van der Waals surface area (Å²) in [7, 11) is 0. The Morgan fingerprint density at radius 1 is 1.08 bits per heavy atom. The number of hydrogen-bond donors (Lipinski definition) is 4. The minimum atomic E-state index is -0.703. The summed E-state index contributed by atoms with van der Waals surface area (Å²) in [6.45, 7) is 3.76. The van der Waals surface area contributed by atoms with E-state index in [1.807, 2.05) is 31.2 Å². The number of urea groups is 1. The van der Waals surface area contributed by atoms with Crippen LogP contribution < -0.4 is 21.1 Å². The number of carbonyl (C=O) groups is 1. The second kappa shape index (κ2) is 7.81. The third-order valence-electron chi connectivity index (χ3n) is 3.53. The van der Waals surface area contributed by atoms with Crippen molar-refractivity contribution in [1.29, 1.82) is 0 Å². The van der Waals surface area contributed by atoms with Crippen molar-refractivity contribution in [3.05, 3.63) is 64.0 Å². The van der Waals surface area contributed by atoms with Crippen LogP contribution in [0.2, 0.25) is 0 Å². The maximum atomic E-state index is 12.1. The minimum Gasteiger partial charge on any atom is -0.769 e. The maximum absolute atomic E-state index is 12.1. The molecule has 0 aromatic heterocycles. The van der Waals surface area contributed by atoms with Gasteiger partial charge < -0.3 is 26.3 Å². The van der Waals surface area contributed by atoms with Gasteiger partial charge in [0, 0.05) is 11.4 Å². The Labute approximate surface area is 144 Å². The van der Waals surface area contributed by atoms with Crippen LogP contribution in [0.4, 0.5) is 21.9 Å². The molecular formula is C16H18N4O5-2. The summed E-state index contributed by atoms with van der Waals surface area (Å²) in [5.74, 6) is 0. The Morgan fingerprint density at radius 2 is 1.68 bits per heavy atom. The van der Waals surface area contributed by atoms with Gasteiger partial charge in [-0.15, -0.1) is 5.23 Å². The lowest BCUT2D eigenvalue weighted by atomic mass is 10.1. The van der Waals surface area contributed by atoms with E-state index in [0.717, 1.165) is 23.3 Å². The predicted octanol–water partition coefficient (Wildman–Crippen LogP) is 3.26. The van der Waals surface area contributed by atoms with Crippen LogP contribution >= 0.6 is 0 Å². The summed E-state index contributed by atoms with van der Waals surface area (Å²) in [5, 5.41) is 44.1. The fourth-order valence-corrected chi connectivity index (χ4v) is 2.19. The third kappa shape index (κ3) is 5.06. The molecular weight excluding hydrogens is 328 g/mol. The minimum absolute atomic E-state index is 0.0471. The number of amides is 2. The second-order valence-corrected chi connectivity index (χ2v) is 5.52. The lowest BCUT2D eigenvalue weighted by Gasteiger charge is -2.38. The lowest BCUT2D eigenvalue weighted by Crippen LogP contribution is -2.31. The molecule has 0 fully saturated rings. The zero-order valence-electron chi connectivity index (χ0n) is 13.6. The highest BCUT2D eigenvalue weighted by atomic mass is 16.8. The highest BCUT2D eigenvalue weighted by molar-refractivity contribution is 5.91. The molecule has 0 unspecified atom stereocenters. The van der Waals surface area contributed by atoms with E-state index in [4.69, 9.17) is 10.4 Å². The van der Waals surface area contributed by atoms with Crippen molar-refractivity contribution in [3.63, 3.8) is 0 Å². The number of benzene rings is 2. The molecule has 2 amide bonds. The predicted molar refractivity (Wildman–Crippen MR) is 93.5 cm³/mol. The number of rotatable bonds is 5. The van der Waals surface area contributed by atoms with Gasteiger partial charge in [0.2, 0.25) is 0 Å². The van der Waals surface area contributed by atoms with Crippen LogP contribution in [-0.4, -0.2) is 16.4 Å². The summed E-state index contributed by atoms with van der Waals surface area (Å²) in [5.41, 5.74) is 1.40. The molecule has 0 bridgehead atoms. The average Bonchev–Trinajstić information content (AvgIpc) is 2.54. The molecule has 4 N–H and O–H groups in total. The number of carbonyl (C=O) groups excluding carboxylic acids is 1. The second-order valence-electron chi connectivity index (χ2n) is 5.52. The highest BCUT2D eigenvalue weighted by Crippen LogP contribution is 2.26. The van der Waals surface area contributed by atoms with E-state index in [1.54, 1.807) is 6.92 Å². The first kappa shape index (κ1) is 18.5. The van der Waals surface area contributed by atoms with Gasteiger partial charge in [-0.2, -0.15) is 0 Å². The van der Waals surface area contributed by atoms with Crippen molar-refractivity contribution in [1.82, 2.24) is 5.32 Å². The zero-order chi connectivity index (χ0) is 18.6. The Hall–Kier alpha value is -2.85. The van der Waals surface area contributed by atoms with Crippen molar-refractivity contribution in [2.45, 2.75) is 19.9 Å². The topological polar surface area (TPSA) is 134 Å². The van der Waals surface area contributed by atoms with Crippen LogP contribution in [0.1, 0.15) is 24.1 Å². The van der Waals surface area contributed by atoms with Crippen molar-refractivity contribution in [2.24, 2.45) is 0 Å². The van der Waals surface area contributed by atoms with Crippen LogP contribution in [-0.2, 0) is 0 Å². The first-order valence-electron chi connectivity index (χ1n) is 7.37. The average molecular weight is 346 g/mol. The van der Waals surface area contributed by atoms with Gasteiger partial charge in [0.25, 0.3) is 0 Å². The summed E-state index contributed by atoms with van der Waals surface area (Å²) in [6.07, 6.45) is 0. The Morgan fingerprint density at radius 3 is 2.24 bits per heavy atom. The smallest absolute Gasteiger partial charge is 0.319 e. The van der Waals surface area contributed by atoms with Gasteiger partial charge >= 0.3 is 6.03 Å².